The number of morpholine rings is 1. The smallest absolute Gasteiger partial charge is 0.164 e. The topological polar surface area (TPSA) is 29.5 Å². The van der Waals surface area contributed by atoms with Gasteiger partial charge in [0, 0.05) is 17.6 Å². The van der Waals surface area contributed by atoms with Crippen LogP contribution in [0.15, 0.2) is 46.9 Å². The average molecular weight is 378 g/mol. The highest BCUT2D eigenvalue weighted by atomic mass is 79.9. The molecule has 0 radical (unpaired) electrons. The predicted octanol–water partition coefficient (Wildman–Crippen LogP) is 4.37. The highest BCUT2D eigenvalue weighted by Gasteiger charge is 2.25. The van der Waals surface area contributed by atoms with Gasteiger partial charge in [0.15, 0.2) is 5.78 Å². The quantitative estimate of drug-likeness (QED) is 0.743. The number of carbonyl (C=O) groups excluding carboxylic acids is 1. The maximum Gasteiger partial charge on any atom is 0.164 e. The Balaban J connectivity index is 1.88. The van der Waals surface area contributed by atoms with Crippen LogP contribution in [0.3, 0.4) is 0 Å². The van der Waals surface area contributed by atoms with Gasteiger partial charge in [-0.15, -0.1) is 0 Å². The molecule has 0 aliphatic carbocycles. The average Bonchev–Trinajstić information content (AvgIpc) is 2.55. The number of Topliss-reactive ketones (excluding diaryl/α,β-unsaturated/α-hetero) is 1. The molecule has 1 aliphatic heterocycles. The van der Waals surface area contributed by atoms with Crippen molar-refractivity contribution in [1.29, 1.82) is 0 Å². The maximum atomic E-state index is 14.0. The summed E-state index contributed by atoms with van der Waals surface area (Å²) in [4.78, 5) is 13.8. The van der Waals surface area contributed by atoms with Crippen LogP contribution in [-0.2, 0) is 4.74 Å². The van der Waals surface area contributed by atoms with Gasteiger partial charge in [-0.2, -0.15) is 0 Å². The van der Waals surface area contributed by atoms with Gasteiger partial charge < -0.3 is 9.64 Å². The lowest BCUT2D eigenvalue weighted by Gasteiger charge is -2.35. The molecule has 0 amide bonds. The van der Waals surface area contributed by atoms with E-state index in [4.69, 9.17) is 4.74 Å². The molecule has 120 valence electrons. The Hall–Kier alpha value is -1.72. The van der Waals surface area contributed by atoms with Crippen LogP contribution in [0.1, 0.15) is 28.9 Å². The molecule has 3 rings (SSSR count). The normalized spacial score (nSPS) is 18.0. The van der Waals surface area contributed by atoms with Gasteiger partial charge in [-0.25, -0.2) is 4.39 Å². The van der Waals surface area contributed by atoms with Crippen molar-refractivity contribution in [2.45, 2.75) is 13.0 Å². The fourth-order valence-electron chi connectivity index (χ4n) is 2.87. The number of ketones is 1. The molecule has 2 aromatic carbocycles. The summed E-state index contributed by atoms with van der Waals surface area (Å²) in [6.07, 6.45) is -0.0973. The third-order valence-electron chi connectivity index (χ3n) is 3.99. The predicted molar refractivity (Wildman–Crippen MR) is 91.5 cm³/mol. The van der Waals surface area contributed by atoms with Crippen molar-refractivity contribution in [2.24, 2.45) is 0 Å². The first-order valence-electron chi connectivity index (χ1n) is 7.47. The molecule has 1 aliphatic rings. The summed E-state index contributed by atoms with van der Waals surface area (Å²) >= 11 is 3.42. The minimum atomic E-state index is -0.471. The highest BCUT2D eigenvalue weighted by molar-refractivity contribution is 9.10. The van der Waals surface area contributed by atoms with Gasteiger partial charge in [0.2, 0.25) is 0 Å². The molecule has 0 saturated carbocycles. The first-order chi connectivity index (χ1) is 11.1. The fraction of sp³-hybridized carbons (Fsp3) is 0.278. The monoisotopic (exact) mass is 377 g/mol. The van der Waals surface area contributed by atoms with Gasteiger partial charge in [-0.3, -0.25) is 4.79 Å². The number of anilines is 1. The minimum absolute atomic E-state index is 0.0973. The Kier molecular flexibility index (Phi) is 4.78. The zero-order chi connectivity index (χ0) is 16.4. The van der Waals surface area contributed by atoms with E-state index in [0.717, 1.165) is 10.0 Å². The summed E-state index contributed by atoms with van der Waals surface area (Å²) in [6.45, 7) is 3.16. The molecule has 3 nitrogen and oxygen atoms in total. The third kappa shape index (κ3) is 3.46. The van der Waals surface area contributed by atoms with Gasteiger partial charge in [0.25, 0.3) is 0 Å². The van der Waals surface area contributed by atoms with E-state index < -0.39 is 5.82 Å². The Bertz CT molecular complexity index is 717. The maximum absolute atomic E-state index is 14.0. The SMILES string of the molecule is CC(=O)c1c(F)cccc1N1CCOC(c2ccc(Br)cc2)C1. The Morgan fingerprint density at radius 2 is 2.00 bits per heavy atom. The molecular formula is C18H17BrFNO2. The van der Waals surface area contributed by atoms with Gasteiger partial charge in [-0.05, 0) is 36.8 Å². The number of benzene rings is 2. The number of carbonyl (C=O) groups is 1. The molecular weight excluding hydrogens is 361 g/mol. The number of hydrogen-bond acceptors (Lipinski definition) is 3. The van der Waals surface area contributed by atoms with E-state index in [-0.39, 0.29) is 17.5 Å². The molecule has 2 aromatic rings. The van der Waals surface area contributed by atoms with Crippen LogP contribution in [0.2, 0.25) is 0 Å². The van der Waals surface area contributed by atoms with Crippen molar-refractivity contribution in [1.82, 2.24) is 0 Å². The second kappa shape index (κ2) is 6.81. The largest absolute Gasteiger partial charge is 0.370 e. The van der Waals surface area contributed by atoms with Crippen LogP contribution < -0.4 is 4.90 Å². The second-order valence-corrected chi connectivity index (χ2v) is 6.46. The molecule has 1 unspecified atom stereocenters. The Morgan fingerprint density at radius 3 is 2.70 bits per heavy atom. The zero-order valence-electron chi connectivity index (χ0n) is 12.8. The molecule has 1 heterocycles. The Labute approximate surface area is 143 Å². The lowest BCUT2D eigenvalue weighted by atomic mass is 10.0. The third-order valence-corrected chi connectivity index (χ3v) is 4.52. The molecule has 1 saturated heterocycles. The van der Waals surface area contributed by atoms with E-state index in [2.05, 4.69) is 15.9 Å². The zero-order valence-corrected chi connectivity index (χ0v) is 14.3. The summed E-state index contributed by atoms with van der Waals surface area (Å²) in [5.74, 6) is -0.730. The number of halogens is 2. The van der Waals surface area contributed by atoms with E-state index in [1.165, 1.54) is 13.0 Å². The van der Waals surface area contributed by atoms with Gasteiger partial charge >= 0.3 is 0 Å². The summed E-state index contributed by atoms with van der Waals surface area (Å²) in [7, 11) is 0. The number of ether oxygens (including phenoxy) is 1. The van der Waals surface area contributed by atoms with Crippen molar-refractivity contribution >= 4 is 27.4 Å². The number of rotatable bonds is 3. The highest BCUT2D eigenvalue weighted by Crippen LogP contribution is 2.30. The van der Waals surface area contributed by atoms with E-state index in [1.54, 1.807) is 12.1 Å². The lowest BCUT2D eigenvalue weighted by Crippen LogP contribution is -2.39. The lowest BCUT2D eigenvalue weighted by molar-refractivity contribution is 0.0397. The van der Waals surface area contributed by atoms with Crippen LogP contribution in [0, 0.1) is 5.82 Å². The van der Waals surface area contributed by atoms with Gasteiger partial charge in [0.05, 0.1) is 17.9 Å². The van der Waals surface area contributed by atoms with Gasteiger partial charge in [-0.1, -0.05) is 34.1 Å². The van der Waals surface area contributed by atoms with Crippen LogP contribution in [0.4, 0.5) is 10.1 Å². The van der Waals surface area contributed by atoms with E-state index in [9.17, 15) is 9.18 Å². The van der Waals surface area contributed by atoms with E-state index in [0.29, 0.717) is 25.4 Å². The van der Waals surface area contributed by atoms with Crippen LogP contribution in [0.25, 0.3) is 0 Å². The molecule has 0 N–H and O–H groups in total. The van der Waals surface area contributed by atoms with Crippen molar-refractivity contribution < 1.29 is 13.9 Å². The summed E-state index contributed by atoms with van der Waals surface area (Å²) in [6, 6.07) is 12.7. The van der Waals surface area contributed by atoms with Crippen molar-refractivity contribution in [3.63, 3.8) is 0 Å². The number of nitrogens with zero attached hydrogens (tertiary/aromatic N) is 1. The molecule has 0 spiro atoms. The second-order valence-electron chi connectivity index (χ2n) is 5.55. The summed E-state index contributed by atoms with van der Waals surface area (Å²) in [5.41, 5.74) is 1.87. The van der Waals surface area contributed by atoms with E-state index in [1.807, 2.05) is 29.2 Å². The van der Waals surface area contributed by atoms with Crippen molar-refractivity contribution in [3.05, 3.63) is 63.9 Å². The molecule has 23 heavy (non-hydrogen) atoms. The van der Waals surface area contributed by atoms with Crippen LogP contribution >= 0.6 is 15.9 Å². The Morgan fingerprint density at radius 1 is 1.26 bits per heavy atom. The summed E-state index contributed by atoms with van der Waals surface area (Å²) in [5, 5.41) is 0. The molecule has 5 heteroatoms. The van der Waals surface area contributed by atoms with Crippen molar-refractivity contribution in [2.75, 3.05) is 24.6 Å². The van der Waals surface area contributed by atoms with Crippen molar-refractivity contribution in [3.8, 4) is 0 Å². The minimum Gasteiger partial charge on any atom is -0.370 e. The van der Waals surface area contributed by atoms with Crippen LogP contribution in [-0.4, -0.2) is 25.5 Å². The first-order valence-corrected chi connectivity index (χ1v) is 8.27. The standard InChI is InChI=1S/C18H17BrFNO2/c1-12(22)18-15(20)3-2-4-16(18)21-9-10-23-17(11-21)13-5-7-14(19)8-6-13/h2-8,17H,9-11H2,1H3. The molecule has 0 bridgehead atoms. The summed E-state index contributed by atoms with van der Waals surface area (Å²) < 4.78 is 20.9. The molecule has 1 atom stereocenters. The fourth-order valence-corrected chi connectivity index (χ4v) is 3.14. The van der Waals surface area contributed by atoms with E-state index >= 15 is 0 Å². The number of hydrogen-bond donors (Lipinski definition) is 0. The van der Waals surface area contributed by atoms with Crippen LogP contribution in [0.5, 0.6) is 0 Å². The molecule has 0 aromatic heterocycles. The first kappa shape index (κ1) is 16.1. The van der Waals surface area contributed by atoms with Gasteiger partial charge in [0.1, 0.15) is 11.9 Å². The molecule has 1 fully saturated rings.